The first-order chi connectivity index (χ1) is 12.9. The number of aliphatic carboxylic acids is 1. The second kappa shape index (κ2) is 11.9. The Morgan fingerprint density at radius 3 is 1.89 bits per heavy atom. The topological polar surface area (TPSA) is 194 Å². The molecule has 160 valence electrons. The molecule has 3 atom stereocenters. The largest absolute Gasteiger partial charge is 0.480 e. The number of primary amides is 1. The molecule has 0 aliphatic carbocycles. The van der Waals surface area contributed by atoms with Crippen molar-refractivity contribution < 1.29 is 29.1 Å². The molecule has 4 amide bonds. The highest BCUT2D eigenvalue weighted by Gasteiger charge is 2.30. The molecule has 0 saturated carbocycles. The molecule has 0 aromatic heterocycles. The Morgan fingerprint density at radius 1 is 0.893 bits per heavy atom. The summed E-state index contributed by atoms with van der Waals surface area (Å²) in [6, 6.07) is -2.96. The average molecular weight is 401 g/mol. The van der Waals surface area contributed by atoms with Gasteiger partial charge >= 0.3 is 5.97 Å². The molecular weight excluding hydrogens is 370 g/mol. The van der Waals surface area contributed by atoms with Crippen molar-refractivity contribution >= 4 is 29.6 Å². The second-order valence-corrected chi connectivity index (χ2v) is 7.18. The third-order valence-corrected chi connectivity index (χ3v) is 3.99. The van der Waals surface area contributed by atoms with E-state index >= 15 is 0 Å². The first-order valence-electron chi connectivity index (χ1n) is 9.00. The van der Waals surface area contributed by atoms with Crippen molar-refractivity contribution in [3.05, 3.63) is 0 Å². The number of nitrogens with two attached hydrogens (primary N) is 2. The maximum atomic E-state index is 12.6. The van der Waals surface area contributed by atoms with Crippen LogP contribution in [0.3, 0.4) is 0 Å². The highest BCUT2D eigenvalue weighted by molar-refractivity contribution is 5.94. The van der Waals surface area contributed by atoms with E-state index in [1.165, 1.54) is 0 Å². The summed E-state index contributed by atoms with van der Waals surface area (Å²) in [6.07, 6.45) is -0.306. The fourth-order valence-corrected chi connectivity index (χ4v) is 2.19. The molecule has 3 unspecified atom stereocenters. The maximum absolute atomic E-state index is 12.6. The average Bonchev–Trinajstić information content (AvgIpc) is 2.59. The standard InChI is InChI=1S/C17H31N5O6/c1-8(2)13(19)16(27)22-14(9(3)4)17(28)21-10(5-6-11(18)23)15(26)20-7-12(24)25/h8-10,13-14H,5-7,19H2,1-4H3,(H2,18,23)(H,20,26)(H,21,28)(H,22,27)(H,24,25). The summed E-state index contributed by atoms with van der Waals surface area (Å²) in [6.45, 7) is 6.29. The van der Waals surface area contributed by atoms with Crippen molar-refractivity contribution in [2.45, 2.75) is 58.7 Å². The van der Waals surface area contributed by atoms with E-state index in [9.17, 15) is 24.0 Å². The van der Waals surface area contributed by atoms with Gasteiger partial charge < -0.3 is 32.5 Å². The predicted octanol–water partition coefficient (Wildman–Crippen LogP) is -1.94. The van der Waals surface area contributed by atoms with Gasteiger partial charge in [-0.25, -0.2) is 0 Å². The number of hydrogen-bond acceptors (Lipinski definition) is 6. The lowest BCUT2D eigenvalue weighted by Gasteiger charge is -2.26. The lowest BCUT2D eigenvalue weighted by molar-refractivity contribution is -0.139. The summed E-state index contributed by atoms with van der Waals surface area (Å²) in [4.78, 5) is 58.6. The zero-order valence-electron chi connectivity index (χ0n) is 16.7. The number of carbonyl (C=O) groups is 5. The van der Waals surface area contributed by atoms with Gasteiger partial charge in [-0.15, -0.1) is 0 Å². The van der Waals surface area contributed by atoms with E-state index < -0.39 is 54.3 Å². The molecule has 11 nitrogen and oxygen atoms in total. The number of amides is 4. The van der Waals surface area contributed by atoms with Crippen LogP contribution < -0.4 is 27.4 Å². The van der Waals surface area contributed by atoms with Crippen LogP contribution in [0.15, 0.2) is 0 Å². The normalized spacial score (nSPS) is 14.1. The van der Waals surface area contributed by atoms with Crippen molar-refractivity contribution in [2.24, 2.45) is 23.3 Å². The molecule has 0 heterocycles. The lowest BCUT2D eigenvalue weighted by atomic mass is 9.99. The Morgan fingerprint density at radius 2 is 1.46 bits per heavy atom. The number of carboxylic acids is 1. The zero-order valence-corrected chi connectivity index (χ0v) is 16.7. The Balaban J connectivity index is 5.23. The summed E-state index contributed by atoms with van der Waals surface area (Å²) in [5.74, 6) is -4.33. The van der Waals surface area contributed by atoms with Crippen LogP contribution in [0, 0.1) is 11.8 Å². The highest BCUT2D eigenvalue weighted by Crippen LogP contribution is 2.07. The van der Waals surface area contributed by atoms with Crippen molar-refractivity contribution in [3.63, 3.8) is 0 Å². The van der Waals surface area contributed by atoms with E-state index in [4.69, 9.17) is 16.6 Å². The second-order valence-electron chi connectivity index (χ2n) is 7.18. The van der Waals surface area contributed by atoms with Crippen molar-refractivity contribution in [2.75, 3.05) is 6.54 Å². The van der Waals surface area contributed by atoms with E-state index in [0.717, 1.165) is 0 Å². The quantitative estimate of drug-likeness (QED) is 0.219. The lowest BCUT2D eigenvalue weighted by Crippen LogP contribution is -2.58. The van der Waals surface area contributed by atoms with Crippen LogP contribution in [0.25, 0.3) is 0 Å². The van der Waals surface area contributed by atoms with Gasteiger partial charge in [0.1, 0.15) is 18.6 Å². The third kappa shape index (κ3) is 9.31. The Labute approximate surface area is 164 Å². The summed E-state index contributed by atoms with van der Waals surface area (Å²) < 4.78 is 0. The summed E-state index contributed by atoms with van der Waals surface area (Å²) in [5.41, 5.74) is 10.9. The van der Waals surface area contributed by atoms with Crippen LogP contribution in [-0.2, 0) is 24.0 Å². The monoisotopic (exact) mass is 401 g/mol. The molecule has 0 aromatic rings. The van der Waals surface area contributed by atoms with Gasteiger partial charge in [-0.3, -0.25) is 24.0 Å². The first-order valence-corrected chi connectivity index (χ1v) is 9.00. The Kier molecular flexibility index (Phi) is 10.8. The minimum absolute atomic E-state index is 0.114. The van der Waals surface area contributed by atoms with Gasteiger partial charge in [0.25, 0.3) is 0 Å². The first kappa shape index (κ1) is 25.3. The molecule has 0 aliphatic heterocycles. The molecule has 0 radical (unpaired) electrons. The molecule has 0 aliphatic rings. The number of rotatable bonds is 12. The van der Waals surface area contributed by atoms with Crippen molar-refractivity contribution in [1.82, 2.24) is 16.0 Å². The van der Waals surface area contributed by atoms with Crippen LogP contribution in [0.1, 0.15) is 40.5 Å². The minimum atomic E-state index is -1.26. The maximum Gasteiger partial charge on any atom is 0.322 e. The molecule has 0 aromatic carbocycles. The van der Waals surface area contributed by atoms with E-state index in [1.807, 2.05) is 0 Å². The molecule has 11 heteroatoms. The minimum Gasteiger partial charge on any atom is -0.480 e. The van der Waals surface area contributed by atoms with E-state index in [0.29, 0.717) is 0 Å². The molecule has 28 heavy (non-hydrogen) atoms. The van der Waals surface area contributed by atoms with E-state index in [-0.39, 0.29) is 24.7 Å². The van der Waals surface area contributed by atoms with Gasteiger partial charge in [0.05, 0.1) is 6.04 Å². The van der Waals surface area contributed by atoms with Gasteiger partial charge in [0.2, 0.25) is 23.6 Å². The molecule has 0 saturated heterocycles. The Hall–Kier alpha value is -2.69. The SMILES string of the molecule is CC(C)C(N)C(=O)NC(C(=O)NC(CCC(N)=O)C(=O)NCC(=O)O)C(C)C. The van der Waals surface area contributed by atoms with E-state index in [2.05, 4.69) is 16.0 Å². The van der Waals surface area contributed by atoms with Crippen LogP contribution >= 0.6 is 0 Å². The van der Waals surface area contributed by atoms with Gasteiger partial charge in [0.15, 0.2) is 0 Å². The molecule has 0 rings (SSSR count). The summed E-state index contributed by atoms with van der Waals surface area (Å²) in [7, 11) is 0. The number of hydrogen-bond donors (Lipinski definition) is 6. The fraction of sp³-hybridized carbons (Fsp3) is 0.706. The Bertz CT molecular complexity index is 593. The smallest absolute Gasteiger partial charge is 0.322 e. The molecule has 0 fully saturated rings. The fourth-order valence-electron chi connectivity index (χ4n) is 2.19. The van der Waals surface area contributed by atoms with Crippen LogP contribution in [0.2, 0.25) is 0 Å². The molecule has 0 spiro atoms. The predicted molar refractivity (Wildman–Crippen MR) is 101 cm³/mol. The van der Waals surface area contributed by atoms with Crippen LogP contribution in [0.4, 0.5) is 0 Å². The van der Waals surface area contributed by atoms with Gasteiger partial charge in [-0.05, 0) is 18.3 Å². The van der Waals surface area contributed by atoms with Crippen molar-refractivity contribution in [1.29, 1.82) is 0 Å². The molecule has 8 N–H and O–H groups in total. The number of nitrogens with one attached hydrogen (secondary N) is 3. The van der Waals surface area contributed by atoms with Crippen molar-refractivity contribution in [3.8, 4) is 0 Å². The number of carbonyl (C=O) groups excluding carboxylic acids is 4. The highest BCUT2D eigenvalue weighted by atomic mass is 16.4. The summed E-state index contributed by atoms with van der Waals surface area (Å²) in [5, 5.41) is 15.8. The summed E-state index contributed by atoms with van der Waals surface area (Å²) >= 11 is 0. The van der Waals surface area contributed by atoms with Gasteiger partial charge in [-0.1, -0.05) is 27.7 Å². The van der Waals surface area contributed by atoms with Crippen LogP contribution in [0.5, 0.6) is 0 Å². The van der Waals surface area contributed by atoms with E-state index in [1.54, 1.807) is 27.7 Å². The number of carboxylic acid groups (broad SMARTS) is 1. The zero-order chi connectivity index (χ0) is 22.0. The van der Waals surface area contributed by atoms with Crippen LogP contribution in [-0.4, -0.2) is 59.4 Å². The molecular formula is C17H31N5O6. The van der Waals surface area contributed by atoms with Gasteiger partial charge in [0, 0.05) is 6.42 Å². The molecule has 0 bridgehead atoms. The van der Waals surface area contributed by atoms with Gasteiger partial charge in [-0.2, -0.15) is 0 Å². The third-order valence-electron chi connectivity index (χ3n) is 3.99.